The lowest BCUT2D eigenvalue weighted by Gasteiger charge is -2.08. The second-order valence-electron chi connectivity index (χ2n) is 3.75. The third-order valence-corrected chi connectivity index (χ3v) is 2.70. The summed E-state index contributed by atoms with van der Waals surface area (Å²) >= 11 is 5.61. The predicted octanol–water partition coefficient (Wildman–Crippen LogP) is 4.06. The second kappa shape index (κ2) is 5.24. The molecule has 0 aliphatic heterocycles. The molecule has 0 aliphatic carbocycles. The predicted molar refractivity (Wildman–Crippen MR) is 68.1 cm³/mol. The van der Waals surface area contributed by atoms with Gasteiger partial charge in [-0.25, -0.2) is 13.6 Å². The van der Waals surface area contributed by atoms with E-state index in [-0.39, 0.29) is 5.02 Å². The maximum absolute atomic E-state index is 13.4. The number of benzene rings is 2. The van der Waals surface area contributed by atoms with Crippen molar-refractivity contribution in [1.29, 1.82) is 0 Å². The van der Waals surface area contributed by atoms with Gasteiger partial charge in [0, 0.05) is 11.4 Å². The number of carbonyl (C=O) groups is 1. The topological polar surface area (TPSA) is 49.3 Å². The van der Waals surface area contributed by atoms with Crippen molar-refractivity contribution in [2.24, 2.45) is 0 Å². The van der Waals surface area contributed by atoms with Crippen LogP contribution in [-0.4, -0.2) is 11.1 Å². The summed E-state index contributed by atoms with van der Waals surface area (Å²) in [5.41, 5.74) is 0.390. The number of nitrogens with one attached hydrogen (secondary N) is 1. The number of hydrogen-bond donors (Lipinski definition) is 2. The molecule has 0 saturated carbocycles. The fourth-order valence-corrected chi connectivity index (χ4v) is 1.69. The molecule has 0 aliphatic rings. The van der Waals surface area contributed by atoms with Gasteiger partial charge < -0.3 is 10.4 Å². The minimum Gasteiger partial charge on any atom is -0.478 e. The van der Waals surface area contributed by atoms with E-state index < -0.39 is 23.2 Å². The van der Waals surface area contributed by atoms with E-state index in [9.17, 15) is 13.6 Å². The molecule has 2 aromatic rings. The van der Waals surface area contributed by atoms with Crippen molar-refractivity contribution >= 4 is 28.9 Å². The van der Waals surface area contributed by atoms with Gasteiger partial charge in [-0.3, -0.25) is 0 Å². The Labute approximate surface area is 112 Å². The SMILES string of the molecule is O=C(O)c1ccc(Nc2ccc(F)c(Cl)c2)cc1F. The highest BCUT2D eigenvalue weighted by molar-refractivity contribution is 6.31. The average Bonchev–Trinajstić information content (AvgIpc) is 2.33. The first kappa shape index (κ1) is 13.3. The average molecular weight is 284 g/mol. The second-order valence-corrected chi connectivity index (χ2v) is 4.16. The Bertz CT molecular complexity index is 647. The molecule has 0 saturated heterocycles. The third-order valence-electron chi connectivity index (χ3n) is 2.41. The molecule has 3 nitrogen and oxygen atoms in total. The summed E-state index contributed by atoms with van der Waals surface area (Å²) in [5.74, 6) is -2.75. The molecule has 0 bridgehead atoms. The van der Waals surface area contributed by atoms with Gasteiger partial charge >= 0.3 is 5.97 Å². The van der Waals surface area contributed by atoms with Gasteiger partial charge in [-0.2, -0.15) is 0 Å². The van der Waals surface area contributed by atoms with Crippen molar-refractivity contribution in [3.05, 3.63) is 58.6 Å². The Morgan fingerprint density at radius 3 is 2.26 bits per heavy atom. The molecule has 0 radical (unpaired) electrons. The maximum atomic E-state index is 13.4. The molecule has 0 fully saturated rings. The van der Waals surface area contributed by atoms with Gasteiger partial charge in [-0.05, 0) is 36.4 Å². The largest absolute Gasteiger partial charge is 0.478 e. The van der Waals surface area contributed by atoms with Gasteiger partial charge in [0.25, 0.3) is 0 Å². The summed E-state index contributed by atoms with van der Waals surface area (Å²) < 4.78 is 26.4. The van der Waals surface area contributed by atoms with Crippen LogP contribution in [0.4, 0.5) is 20.2 Å². The molecule has 98 valence electrons. The Balaban J connectivity index is 2.26. The molecular weight excluding hydrogens is 276 g/mol. The molecule has 19 heavy (non-hydrogen) atoms. The molecule has 0 spiro atoms. The van der Waals surface area contributed by atoms with E-state index in [0.717, 1.165) is 12.1 Å². The van der Waals surface area contributed by atoms with Gasteiger partial charge in [-0.15, -0.1) is 0 Å². The van der Waals surface area contributed by atoms with E-state index in [1.165, 1.54) is 24.3 Å². The minimum absolute atomic E-state index is 0.0624. The summed E-state index contributed by atoms with van der Waals surface area (Å²) in [4.78, 5) is 10.7. The smallest absolute Gasteiger partial charge is 0.338 e. The number of carboxylic acid groups (broad SMARTS) is 1. The number of rotatable bonds is 3. The summed E-state index contributed by atoms with van der Waals surface area (Å²) in [6.07, 6.45) is 0. The van der Waals surface area contributed by atoms with Crippen molar-refractivity contribution in [3.8, 4) is 0 Å². The van der Waals surface area contributed by atoms with E-state index in [1.54, 1.807) is 0 Å². The molecule has 2 aromatic carbocycles. The molecular formula is C13H8ClF2NO2. The van der Waals surface area contributed by atoms with Gasteiger partial charge in [0.15, 0.2) is 0 Å². The molecule has 2 rings (SSSR count). The number of hydrogen-bond acceptors (Lipinski definition) is 2. The highest BCUT2D eigenvalue weighted by Crippen LogP contribution is 2.23. The van der Waals surface area contributed by atoms with Crippen LogP contribution in [0.5, 0.6) is 0 Å². The van der Waals surface area contributed by atoms with E-state index in [0.29, 0.717) is 11.4 Å². The van der Waals surface area contributed by atoms with Crippen molar-refractivity contribution in [2.75, 3.05) is 5.32 Å². The summed E-state index contributed by atoms with van der Waals surface area (Å²) in [6.45, 7) is 0. The Hall–Kier alpha value is -2.14. The number of anilines is 2. The zero-order chi connectivity index (χ0) is 14.0. The Morgan fingerprint density at radius 2 is 1.68 bits per heavy atom. The van der Waals surface area contributed by atoms with Crippen LogP contribution in [-0.2, 0) is 0 Å². The highest BCUT2D eigenvalue weighted by Gasteiger charge is 2.10. The monoisotopic (exact) mass is 283 g/mol. The van der Waals surface area contributed by atoms with Crippen LogP contribution in [0.15, 0.2) is 36.4 Å². The Morgan fingerprint density at radius 1 is 1.05 bits per heavy atom. The van der Waals surface area contributed by atoms with Gasteiger partial charge in [0.2, 0.25) is 0 Å². The number of carboxylic acids is 1. The number of halogens is 3. The molecule has 0 aromatic heterocycles. The third kappa shape index (κ3) is 3.00. The Kier molecular flexibility index (Phi) is 3.66. The van der Waals surface area contributed by atoms with Crippen LogP contribution in [0.3, 0.4) is 0 Å². The van der Waals surface area contributed by atoms with Crippen LogP contribution in [0.25, 0.3) is 0 Å². The summed E-state index contributed by atoms with van der Waals surface area (Å²) in [6, 6.07) is 7.55. The molecule has 2 N–H and O–H groups in total. The first-order valence-electron chi connectivity index (χ1n) is 5.22. The quantitative estimate of drug-likeness (QED) is 0.893. The normalized spacial score (nSPS) is 10.3. The van der Waals surface area contributed by atoms with E-state index >= 15 is 0 Å². The zero-order valence-corrected chi connectivity index (χ0v) is 10.2. The van der Waals surface area contributed by atoms with Crippen molar-refractivity contribution in [2.45, 2.75) is 0 Å². The fraction of sp³-hybridized carbons (Fsp3) is 0. The van der Waals surface area contributed by atoms with Crippen LogP contribution in [0.2, 0.25) is 5.02 Å². The molecule has 6 heteroatoms. The van der Waals surface area contributed by atoms with Crippen molar-refractivity contribution < 1.29 is 18.7 Å². The van der Waals surface area contributed by atoms with Crippen LogP contribution in [0, 0.1) is 11.6 Å². The van der Waals surface area contributed by atoms with Gasteiger partial charge in [0.1, 0.15) is 11.6 Å². The summed E-state index contributed by atoms with van der Waals surface area (Å²) in [7, 11) is 0. The van der Waals surface area contributed by atoms with Crippen LogP contribution < -0.4 is 5.32 Å². The van der Waals surface area contributed by atoms with E-state index in [2.05, 4.69) is 5.32 Å². The van der Waals surface area contributed by atoms with E-state index in [4.69, 9.17) is 16.7 Å². The minimum atomic E-state index is -1.34. The van der Waals surface area contributed by atoms with Crippen molar-refractivity contribution in [3.63, 3.8) is 0 Å². The molecule has 0 amide bonds. The molecule has 0 atom stereocenters. The lowest BCUT2D eigenvalue weighted by atomic mass is 10.2. The van der Waals surface area contributed by atoms with Crippen LogP contribution in [0.1, 0.15) is 10.4 Å². The first-order chi connectivity index (χ1) is 8.97. The lowest BCUT2D eigenvalue weighted by molar-refractivity contribution is 0.0692. The highest BCUT2D eigenvalue weighted by atomic mass is 35.5. The fourth-order valence-electron chi connectivity index (χ4n) is 1.51. The van der Waals surface area contributed by atoms with Gasteiger partial charge in [0.05, 0.1) is 10.6 Å². The first-order valence-corrected chi connectivity index (χ1v) is 5.60. The lowest BCUT2D eigenvalue weighted by Crippen LogP contribution is -2.01. The standard InChI is InChI=1S/C13H8ClF2NO2/c14-10-5-7(2-4-11(10)15)17-8-1-3-9(13(18)19)12(16)6-8/h1-6,17H,(H,18,19). The zero-order valence-electron chi connectivity index (χ0n) is 9.45. The van der Waals surface area contributed by atoms with Crippen molar-refractivity contribution in [1.82, 2.24) is 0 Å². The summed E-state index contributed by atoms with van der Waals surface area (Å²) in [5, 5.41) is 11.4. The van der Waals surface area contributed by atoms with Crippen LogP contribution >= 0.6 is 11.6 Å². The maximum Gasteiger partial charge on any atom is 0.338 e. The molecule has 0 unspecified atom stereocenters. The number of aromatic carboxylic acids is 1. The molecule has 0 heterocycles. The van der Waals surface area contributed by atoms with E-state index in [1.807, 2.05) is 0 Å². The van der Waals surface area contributed by atoms with Gasteiger partial charge in [-0.1, -0.05) is 11.6 Å².